The Morgan fingerprint density at radius 2 is 2.08 bits per heavy atom. The normalized spacial score (nSPS) is 13.0. The van der Waals surface area contributed by atoms with Crippen molar-refractivity contribution in [3.63, 3.8) is 0 Å². The topological polar surface area (TPSA) is 0 Å². The van der Waals surface area contributed by atoms with Crippen LogP contribution in [0.4, 0.5) is 8.78 Å². The lowest BCUT2D eigenvalue weighted by Gasteiger charge is -2.06. The quantitative estimate of drug-likeness (QED) is 0.724. The Hall–Kier alpha value is 0.0400. The van der Waals surface area contributed by atoms with Crippen molar-refractivity contribution in [2.75, 3.05) is 5.33 Å². The van der Waals surface area contributed by atoms with Gasteiger partial charge in [-0.1, -0.05) is 37.9 Å². The van der Waals surface area contributed by atoms with Crippen LogP contribution < -0.4 is 0 Å². The third kappa shape index (κ3) is 2.26. The minimum absolute atomic E-state index is 0.219. The molecule has 4 heteroatoms. The first-order chi connectivity index (χ1) is 5.65. The SMILES string of the molecule is Fc1ccc(C(F)CBr)c(Br)c1. The van der Waals surface area contributed by atoms with E-state index in [1.165, 1.54) is 18.2 Å². The van der Waals surface area contributed by atoms with Gasteiger partial charge in [-0.2, -0.15) is 0 Å². The van der Waals surface area contributed by atoms with Gasteiger partial charge in [0.25, 0.3) is 0 Å². The van der Waals surface area contributed by atoms with Crippen LogP contribution in [0.3, 0.4) is 0 Å². The maximum Gasteiger partial charge on any atom is 0.136 e. The zero-order valence-electron chi connectivity index (χ0n) is 6.03. The number of halogens is 4. The average Bonchev–Trinajstić information content (AvgIpc) is 2.03. The second-order valence-corrected chi connectivity index (χ2v) is 3.79. The van der Waals surface area contributed by atoms with E-state index in [1.54, 1.807) is 0 Å². The van der Waals surface area contributed by atoms with Crippen molar-refractivity contribution in [1.29, 1.82) is 0 Å². The number of hydrogen-bond acceptors (Lipinski definition) is 0. The highest BCUT2D eigenvalue weighted by Gasteiger charge is 2.11. The third-order valence-electron chi connectivity index (χ3n) is 1.44. The van der Waals surface area contributed by atoms with Gasteiger partial charge in [-0.15, -0.1) is 0 Å². The first kappa shape index (κ1) is 10.1. The zero-order chi connectivity index (χ0) is 9.14. The maximum absolute atomic E-state index is 13.1. The molecule has 1 atom stereocenters. The Morgan fingerprint density at radius 1 is 1.42 bits per heavy atom. The van der Waals surface area contributed by atoms with Crippen LogP contribution >= 0.6 is 31.9 Å². The van der Waals surface area contributed by atoms with Crippen LogP contribution in [0.1, 0.15) is 11.7 Å². The molecular weight excluding hydrogens is 294 g/mol. The summed E-state index contributed by atoms with van der Waals surface area (Å²) in [7, 11) is 0. The molecule has 1 aromatic carbocycles. The van der Waals surface area contributed by atoms with E-state index < -0.39 is 6.17 Å². The summed E-state index contributed by atoms with van der Waals surface area (Å²) in [5.74, 6) is -0.368. The molecule has 66 valence electrons. The van der Waals surface area contributed by atoms with E-state index in [0.29, 0.717) is 10.0 Å². The van der Waals surface area contributed by atoms with Crippen LogP contribution in [0.25, 0.3) is 0 Å². The summed E-state index contributed by atoms with van der Waals surface area (Å²) >= 11 is 6.10. The van der Waals surface area contributed by atoms with Gasteiger partial charge >= 0.3 is 0 Å². The molecular formula is C8H6Br2F2. The van der Waals surface area contributed by atoms with Gasteiger partial charge in [-0.05, 0) is 12.1 Å². The third-order valence-corrected chi connectivity index (χ3v) is 2.69. The highest BCUT2D eigenvalue weighted by molar-refractivity contribution is 9.10. The highest BCUT2D eigenvalue weighted by atomic mass is 79.9. The van der Waals surface area contributed by atoms with Crippen molar-refractivity contribution in [2.45, 2.75) is 6.17 Å². The smallest absolute Gasteiger partial charge is 0.136 e. The van der Waals surface area contributed by atoms with Crippen LogP contribution in [0, 0.1) is 5.82 Å². The van der Waals surface area contributed by atoms with Gasteiger partial charge in [0, 0.05) is 15.4 Å². The molecule has 0 spiro atoms. The van der Waals surface area contributed by atoms with Crippen molar-refractivity contribution in [3.8, 4) is 0 Å². The van der Waals surface area contributed by atoms with Gasteiger partial charge < -0.3 is 0 Å². The van der Waals surface area contributed by atoms with E-state index in [1.807, 2.05) is 0 Å². The predicted molar refractivity (Wildman–Crippen MR) is 51.7 cm³/mol. The van der Waals surface area contributed by atoms with Gasteiger partial charge in [0.15, 0.2) is 0 Å². The average molecular weight is 300 g/mol. The molecule has 0 aliphatic carbocycles. The zero-order valence-corrected chi connectivity index (χ0v) is 9.20. The number of benzene rings is 1. The molecule has 12 heavy (non-hydrogen) atoms. The van der Waals surface area contributed by atoms with Crippen LogP contribution in [0.5, 0.6) is 0 Å². The maximum atomic E-state index is 13.1. The van der Waals surface area contributed by atoms with Crippen molar-refractivity contribution in [1.82, 2.24) is 0 Å². The van der Waals surface area contributed by atoms with Crippen molar-refractivity contribution in [3.05, 3.63) is 34.1 Å². The molecule has 0 radical (unpaired) electrons. The molecule has 0 aromatic heterocycles. The van der Waals surface area contributed by atoms with Crippen molar-refractivity contribution >= 4 is 31.9 Å². The molecule has 0 aliphatic rings. The summed E-state index contributed by atoms with van der Waals surface area (Å²) in [6, 6.07) is 3.94. The summed E-state index contributed by atoms with van der Waals surface area (Å²) < 4.78 is 26.1. The highest BCUT2D eigenvalue weighted by Crippen LogP contribution is 2.27. The van der Waals surface area contributed by atoms with E-state index >= 15 is 0 Å². The molecule has 0 saturated heterocycles. The second-order valence-electron chi connectivity index (χ2n) is 2.29. The fourth-order valence-electron chi connectivity index (χ4n) is 0.839. The van der Waals surface area contributed by atoms with E-state index in [9.17, 15) is 8.78 Å². The Balaban J connectivity index is 3.01. The summed E-state index contributed by atoms with van der Waals surface area (Å²) in [5.41, 5.74) is 0.466. The van der Waals surface area contributed by atoms with Crippen molar-refractivity contribution < 1.29 is 8.78 Å². The molecule has 0 N–H and O–H groups in total. The molecule has 0 aliphatic heterocycles. The van der Waals surface area contributed by atoms with Crippen LogP contribution in [0.15, 0.2) is 22.7 Å². The molecule has 0 fully saturated rings. The van der Waals surface area contributed by atoms with Crippen LogP contribution in [-0.2, 0) is 0 Å². The predicted octanol–water partition coefficient (Wildman–Crippen LogP) is 3.99. The Bertz CT molecular complexity index is 276. The van der Waals surface area contributed by atoms with Gasteiger partial charge in [0.05, 0.1) is 0 Å². The standard InChI is InChI=1S/C8H6Br2F2/c9-4-8(12)6-2-1-5(11)3-7(6)10/h1-3,8H,4H2. The first-order valence-corrected chi connectivity index (χ1v) is 5.21. The molecule has 1 unspecified atom stereocenters. The molecule has 0 bridgehead atoms. The van der Waals surface area contributed by atoms with E-state index in [2.05, 4.69) is 31.9 Å². The van der Waals surface area contributed by atoms with Gasteiger partial charge in [-0.3, -0.25) is 0 Å². The minimum atomic E-state index is -1.10. The molecule has 0 nitrogen and oxygen atoms in total. The number of alkyl halides is 2. The van der Waals surface area contributed by atoms with Gasteiger partial charge in [-0.25, -0.2) is 8.78 Å². The van der Waals surface area contributed by atoms with E-state index in [-0.39, 0.29) is 11.1 Å². The minimum Gasteiger partial charge on any atom is -0.241 e. The van der Waals surface area contributed by atoms with Crippen LogP contribution in [-0.4, -0.2) is 5.33 Å². The number of rotatable bonds is 2. The van der Waals surface area contributed by atoms with Gasteiger partial charge in [0.2, 0.25) is 0 Å². The van der Waals surface area contributed by atoms with Crippen LogP contribution in [0.2, 0.25) is 0 Å². The first-order valence-electron chi connectivity index (χ1n) is 3.30. The summed E-state index contributed by atoms with van der Waals surface area (Å²) in [4.78, 5) is 0. The molecule has 1 aromatic rings. The van der Waals surface area contributed by atoms with E-state index in [4.69, 9.17) is 0 Å². The molecule has 0 heterocycles. The fourth-order valence-corrected chi connectivity index (χ4v) is 1.79. The lowest BCUT2D eigenvalue weighted by atomic mass is 10.1. The molecule has 0 amide bonds. The lowest BCUT2D eigenvalue weighted by Crippen LogP contribution is -1.94. The largest absolute Gasteiger partial charge is 0.241 e. The number of hydrogen-bond donors (Lipinski definition) is 0. The Kier molecular flexibility index (Phi) is 3.65. The Labute approximate surface area is 86.2 Å². The molecule has 0 saturated carbocycles. The lowest BCUT2D eigenvalue weighted by molar-refractivity contribution is 0.381. The summed E-state index contributed by atoms with van der Waals surface area (Å²) in [5, 5.41) is 0.219. The monoisotopic (exact) mass is 298 g/mol. The van der Waals surface area contributed by atoms with E-state index in [0.717, 1.165) is 0 Å². The summed E-state index contributed by atoms with van der Waals surface area (Å²) in [6.07, 6.45) is -1.10. The summed E-state index contributed by atoms with van der Waals surface area (Å²) in [6.45, 7) is 0. The fraction of sp³-hybridized carbons (Fsp3) is 0.250. The second kappa shape index (κ2) is 4.33. The van der Waals surface area contributed by atoms with Gasteiger partial charge in [0.1, 0.15) is 12.0 Å². The molecule has 1 rings (SSSR count). The van der Waals surface area contributed by atoms with Crippen molar-refractivity contribution in [2.24, 2.45) is 0 Å². The Morgan fingerprint density at radius 3 is 2.58 bits per heavy atom.